The summed E-state index contributed by atoms with van der Waals surface area (Å²) in [6, 6.07) is 5.21. The van der Waals surface area contributed by atoms with Gasteiger partial charge in [0.1, 0.15) is 18.3 Å². The lowest BCUT2D eigenvalue weighted by Crippen LogP contribution is -2.58. The summed E-state index contributed by atoms with van der Waals surface area (Å²) < 4.78 is 23.2. The van der Waals surface area contributed by atoms with E-state index in [2.05, 4.69) is 0 Å². The lowest BCUT2D eigenvalue weighted by Gasteiger charge is -2.44. The van der Waals surface area contributed by atoms with Crippen molar-refractivity contribution in [1.82, 2.24) is 0 Å². The average molecular weight is 410 g/mol. The Morgan fingerprint density at radius 2 is 1.83 bits per heavy atom. The van der Waals surface area contributed by atoms with E-state index in [1.165, 1.54) is 7.11 Å². The third-order valence-electron chi connectivity index (χ3n) is 6.46. The van der Waals surface area contributed by atoms with Crippen molar-refractivity contribution in [3.63, 3.8) is 0 Å². The third-order valence-corrected chi connectivity index (χ3v) is 6.46. The summed E-state index contributed by atoms with van der Waals surface area (Å²) in [4.78, 5) is 0. The molecule has 4 N–H and O–H groups in total. The molecule has 0 spiro atoms. The molecule has 1 aromatic carbocycles. The molecule has 0 amide bonds. The van der Waals surface area contributed by atoms with Crippen LogP contribution in [0.4, 0.5) is 0 Å². The summed E-state index contributed by atoms with van der Waals surface area (Å²) in [6.45, 7) is 1.64. The first-order chi connectivity index (χ1) is 13.9. The normalized spacial score (nSPS) is 42.4. The number of aromatic hydroxyl groups is 1. The van der Waals surface area contributed by atoms with Gasteiger partial charge in [-0.3, -0.25) is 0 Å². The first-order valence-electron chi connectivity index (χ1n) is 10.3. The second-order valence-corrected chi connectivity index (χ2v) is 8.28. The molecule has 29 heavy (non-hydrogen) atoms. The van der Waals surface area contributed by atoms with Gasteiger partial charge in [0.2, 0.25) is 0 Å². The molecule has 0 bridgehead atoms. The fourth-order valence-corrected chi connectivity index (χ4v) is 4.78. The standard InChI is InChI=1S/C21H30O8/c1-10-18(23)19(24)20(25)21(27-10)29-17-9-16(28-14-5-3-4-12(14)17)11-6-7-15(26-2)13(22)8-11/h6-8,10,12,14,16-25H,3-5,9H2,1-2H3/t10-,12+,14+,16+,17+,18-,19+,20+,21-/m0/s1. The highest BCUT2D eigenvalue weighted by molar-refractivity contribution is 5.42. The van der Waals surface area contributed by atoms with Crippen LogP contribution in [0.3, 0.4) is 0 Å². The van der Waals surface area contributed by atoms with Gasteiger partial charge in [-0.15, -0.1) is 0 Å². The van der Waals surface area contributed by atoms with E-state index in [0.717, 1.165) is 24.8 Å². The molecule has 1 aliphatic carbocycles. The Morgan fingerprint density at radius 1 is 1.03 bits per heavy atom. The van der Waals surface area contributed by atoms with Crippen molar-refractivity contribution in [1.29, 1.82) is 0 Å². The zero-order chi connectivity index (χ0) is 20.7. The monoisotopic (exact) mass is 410 g/mol. The van der Waals surface area contributed by atoms with Gasteiger partial charge in [0.15, 0.2) is 17.8 Å². The number of hydrogen-bond acceptors (Lipinski definition) is 8. The summed E-state index contributed by atoms with van der Waals surface area (Å²) in [5, 5.41) is 40.5. The second kappa shape index (κ2) is 8.37. The van der Waals surface area contributed by atoms with Crippen molar-refractivity contribution >= 4 is 0 Å². The highest BCUT2D eigenvalue weighted by Gasteiger charge is 2.47. The molecule has 2 heterocycles. The number of benzene rings is 1. The van der Waals surface area contributed by atoms with Crippen LogP contribution >= 0.6 is 0 Å². The number of phenols is 1. The molecule has 3 fully saturated rings. The van der Waals surface area contributed by atoms with Crippen LogP contribution in [0.5, 0.6) is 11.5 Å². The van der Waals surface area contributed by atoms with E-state index in [-0.39, 0.29) is 30.0 Å². The van der Waals surface area contributed by atoms with Crippen LogP contribution in [-0.2, 0) is 14.2 Å². The maximum absolute atomic E-state index is 10.3. The molecule has 1 aromatic rings. The Bertz CT molecular complexity index is 712. The van der Waals surface area contributed by atoms with Gasteiger partial charge in [-0.05, 0) is 37.5 Å². The summed E-state index contributed by atoms with van der Waals surface area (Å²) in [7, 11) is 1.50. The van der Waals surface area contributed by atoms with Crippen molar-refractivity contribution in [3.8, 4) is 11.5 Å². The first-order valence-corrected chi connectivity index (χ1v) is 10.3. The summed E-state index contributed by atoms with van der Waals surface area (Å²) in [6.07, 6.45) is -2.51. The SMILES string of the molecule is COc1ccc([C@H]2C[C@@H](O[C@@H]3O[C@@H](C)[C@H](O)[C@@H](O)[C@H]3O)[C@@H]3CCC[C@H]3O2)cc1O. The highest BCUT2D eigenvalue weighted by Crippen LogP contribution is 2.45. The molecule has 0 aromatic heterocycles. The van der Waals surface area contributed by atoms with Gasteiger partial charge in [-0.1, -0.05) is 12.5 Å². The Morgan fingerprint density at radius 3 is 2.55 bits per heavy atom. The molecule has 2 saturated heterocycles. The molecule has 0 unspecified atom stereocenters. The molecule has 1 saturated carbocycles. The van der Waals surface area contributed by atoms with Crippen LogP contribution in [-0.4, -0.2) is 70.4 Å². The molecule has 3 aliphatic rings. The number of fused-ring (bicyclic) bond motifs is 1. The van der Waals surface area contributed by atoms with Crippen LogP contribution in [0, 0.1) is 5.92 Å². The maximum atomic E-state index is 10.3. The van der Waals surface area contributed by atoms with E-state index < -0.39 is 30.7 Å². The molecular formula is C21H30O8. The fraction of sp³-hybridized carbons (Fsp3) is 0.714. The number of methoxy groups -OCH3 is 1. The molecule has 162 valence electrons. The van der Waals surface area contributed by atoms with Gasteiger partial charge in [-0.25, -0.2) is 0 Å². The predicted octanol–water partition coefficient (Wildman–Crippen LogP) is 1.24. The fourth-order valence-electron chi connectivity index (χ4n) is 4.78. The van der Waals surface area contributed by atoms with Gasteiger partial charge in [0.05, 0.1) is 31.5 Å². The minimum atomic E-state index is -1.33. The van der Waals surface area contributed by atoms with Crippen molar-refractivity contribution in [2.45, 2.75) is 81.6 Å². The molecule has 9 atom stereocenters. The third kappa shape index (κ3) is 3.97. The van der Waals surface area contributed by atoms with Gasteiger partial charge in [0, 0.05) is 12.3 Å². The van der Waals surface area contributed by atoms with Gasteiger partial charge in [0.25, 0.3) is 0 Å². The number of ether oxygens (including phenoxy) is 4. The van der Waals surface area contributed by atoms with Gasteiger partial charge < -0.3 is 39.4 Å². The first kappa shape index (κ1) is 20.8. The quantitative estimate of drug-likeness (QED) is 0.586. The van der Waals surface area contributed by atoms with Crippen LogP contribution in [0.25, 0.3) is 0 Å². The van der Waals surface area contributed by atoms with Crippen LogP contribution in [0.15, 0.2) is 18.2 Å². The Balaban J connectivity index is 1.52. The van der Waals surface area contributed by atoms with Crippen molar-refractivity contribution in [2.24, 2.45) is 5.92 Å². The minimum Gasteiger partial charge on any atom is -0.504 e. The van der Waals surface area contributed by atoms with Crippen molar-refractivity contribution in [2.75, 3.05) is 7.11 Å². The van der Waals surface area contributed by atoms with E-state index in [1.807, 2.05) is 6.07 Å². The Hall–Kier alpha value is -1.42. The maximum Gasteiger partial charge on any atom is 0.186 e. The Labute approximate surface area is 170 Å². The van der Waals surface area contributed by atoms with Crippen LogP contribution in [0.1, 0.15) is 44.3 Å². The van der Waals surface area contributed by atoms with E-state index in [0.29, 0.717) is 12.2 Å². The number of phenolic OH excluding ortho intramolecular Hbond substituents is 1. The number of aliphatic hydroxyl groups excluding tert-OH is 3. The molecule has 0 radical (unpaired) electrons. The number of aliphatic hydroxyl groups is 3. The molecule has 8 nitrogen and oxygen atoms in total. The van der Waals surface area contributed by atoms with E-state index in [9.17, 15) is 20.4 Å². The average Bonchev–Trinajstić information content (AvgIpc) is 3.19. The number of rotatable bonds is 4. The van der Waals surface area contributed by atoms with Gasteiger partial charge in [-0.2, -0.15) is 0 Å². The van der Waals surface area contributed by atoms with E-state index in [4.69, 9.17) is 18.9 Å². The Kier molecular flexibility index (Phi) is 6.02. The topological polar surface area (TPSA) is 118 Å². The largest absolute Gasteiger partial charge is 0.504 e. The van der Waals surface area contributed by atoms with Crippen LogP contribution in [0.2, 0.25) is 0 Å². The van der Waals surface area contributed by atoms with E-state index >= 15 is 0 Å². The summed E-state index contributed by atoms with van der Waals surface area (Å²) in [5.74, 6) is 0.626. The zero-order valence-electron chi connectivity index (χ0n) is 16.7. The smallest absolute Gasteiger partial charge is 0.186 e. The van der Waals surface area contributed by atoms with Gasteiger partial charge >= 0.3 is 0 Å². The zero-order valence-corrected chi connectivity index (χ0v) is 16.7. The van der Waals surface area contributed by atoms with E-state index in [1.54, 1.807) is 19.1 Å². The summed E-state index contributed by atoms with van der Waals surface area (Å²) in [5.41, 5.74) is 0.830. The number of hydrogen-bond donors (Lipinski definition) is 4. The van der Waals surface area contributed by atoms with Crippen LogP contribution < -0.4 is 4.74 Å². The molecule has 4 rings (SSSR count). The second-order valence-electron chi connectivity index (χ2n) is 8.28. The molecule has 8 heteroatoms. The summed E-state index contributed by atoms with van der Waals surface area (Å²) >= 11 is 0. The minimum absolute atomic E-state index is 0.0247. The molecular weight excluding hydrogens is 380 g/mol. The lowest BCUT2D eigenvalue weighted by molar-refractivity contribution is -0.317. The van der Waals surface area contributed by atoms with Crippen molar-refractivity contribution < 1.29 is 39.4 Å². The highest BCUT2D eigenvalue weighted by atomic mass is 16.7. The predicted molar refractivity (Wildman–Crippen MR) is 101 cm³/mol. The van der Waals surface area contributed by atoms with Crippen molar-refractivity contribution in [3.05, 3.63) is 23.8 Å². The lowest BCUT2D eigenvalue weighted by atomic mass is 9.88. The molecule has 2 aliphatic heterocycles.